The minimum absolute atomic E-state index is 0.241. The molecule has 0 aliphatic heterocycles. The van der Waals surface area contributed by atoms with Crippen LogP contribution in [0.5, 0.6) is 0 Å². The van der Waals surface area contributed by atoms with Gasteiger partial charge in [-0.05, 0) is 0 Å². The van der Waals surface area contributed by atoms with E-state index in [2.05, 4.69) is 9.87 Å². The van der Waals surface area contributed by atoms with Crippen LogP contribution in [0.2, 0.25) is 0 Å². The molecule has 0 atom stereocenters. The summed E-state index contributed by atoms with van der Waals surface area (Å²) in [7, 11) is 0. The Kier molecular flexibility index (Phi) is 1.96. The van der Waals surface area contributed by atoms with Crippen LogP contribution >= 0.6 is 11.3 Å². The quantitative estimate of drug-likeness (QED) is 0.483. The lowest BCUT2D eigenvalue weighted by Gasteiger charge is -1.85. The highest BCUT2D eigenvalue weighted by atomic mass is 32.1. The van der Waals surface area contributed by atoms with Gasteiger partial charge in [0.1, 0.15) is 6.61 Å². The fraction of sp³-hybridized carbons (Fsp3) is 0.250. The molecule has 0 saturated carbocycles. The lowest BCUT2D eigenvalue weighted by atomic mass is 10.6. The molecule has 1 heterocycles. The molecule has 1 N–H and O–H groups in total. The topological polar surface area (TPSA) is 42.4 Å². The molecule has 1 aromatic rings. The number of hydrogen-bond donors (Lipinski definition) is 1. The standard InChI is InChI=1S/C4H5NO2S/c6-7-2-4-1-5-3-8-4/h1,3,6H,2H2. The minimum Gasteiger partial charge on any atom is -0.253 e. The second-order valence-corrected chi connectivity index (χ2v) is 2.21. The smallest absolute Gasteiger partial charge is 0.118 e. The number of aromatic nitrogens is 1. The van der Waals surface area contributed by atoms with Crippen molar-refractivity contribution < 1.29 is 10.1 Å². The molecule has 0 bridgehead atoms. The summed E-state index contributed by atoms with van der Waals surface area (Å²) in [4.78, 5) is 8.55. The molecule has 0 aromatic carbocycles. The molecule has 1 rings (SSSR count). The zero-order chi connectivity index (χ0) is 5.82. The van der Waals surface area contributed by atoms with Gasteiger partial charge in [0, 0.05) is 6.20 Å². The van der Waals surface area contributed by atoms with Crippen LogP contribution in [0.4, 0.5) is 0 Å². The van der Waals surface area contributed by atoms with Gasteiger partial charge in [-0.1, -0.05) is 0 Å². The third-order valence-corrected chi connectivity index (χ3v) is 1.44. The van der Waals surface area contributed by atoms with Crippen LogP contribution in [-0.4, -0.2) is 10.2 Å². The summed E-state index contributed by atoms with van der Waals surface area (Å²) in [6.45, 7) is 0.241. The maximum Gasteiger partial charge on any atom is 0.118 e. The molecule has 8 heavy (non-hydrogen) atoms. The van der Waals surface area contributed by atoms with Crippen molar-refractivity contribution >= 4 is 11.3 Å². The van der Waals surface area contributed by atoms with E-state index in [9.17, 15) is 0 Å². The summed E-state index contributed by atoms with van der Waals surface area (Å²) in [5.41, 5.74) is 1.69. The highest BCUT2D eigenvalue weighted by Crippen LogP contribution is 2.04. The first-order valence-corrected chi connectivity index (χ1v) is 2.95. The lowest BCUT2D eigenvalue weighted by Crippen LogP contribution is -1.80. The number of rotatable bonds is 2. The van der Waals surface area contributed by atoms with Crippen molar-refractivity contribution in [1.82, 2.24) is 4.98 Å². The Bertz CT molecular complexity index is 140. The van der Waals surface area contributed by atoms with Crippen LogP contribution in [-0.2, 0) is 11.5 Å². The zero-order valence-electron chi connectivity index (χ0n) is 4.07. The Balaban J connectivity index is 2.50. The fourth-order valence-corrected chi connectivity index (χ4v) is 0.877. The third-order valence-electron chi connectivity index (χ3n) is 0.690. The fourth-order valence-electron chi connectivity index (χ4n) is 0.377. The van der Waals surface area contributed by atoms with Gasteiger partial charge in [0.25, 0.3) is 0 Å². The maximum absolute atomic E-state index is 7.92. The summed E-state index contributed by atoms with van der Waals surface area (Å²) >= 11 is 1.45. The van der Waals surface area contributed by atoms with Crippen LogP contribution in [0.3, 0.4) is 0 Å². The molecular weight excluding hydrogens is 126 g/mol. The highest BCUT2D eigenvalue weighted by Gasteiger charge is 1.90. The molecule has 0 saturated heterocycles. The van der Waals surface area contributed by atoms with Crippen LogP contribution in [0, 0.1) is 0 Å². The third kappa shape index (κ3) is 1.26. The van der Waals surface area contributed by atoms with Crippen LogP contribution in [0.25, 0.3) is 0 Å². The van der Waals surface area contributed by atoms with Gasteiger partial charge in [-0.2, -0.15) is 0 Å². The van der Waals surface area contributed by atoms with Crippen molar-refractivity contribution in [2.45, 2.75) is 6.61 Å². The molecular formula is C4H5NO2S. The van der Waals surface area contributed by atoms with Crippen molar-refractivity contribution in [3.63, 3.8) is 0 Å². The zero-order valence-corrected chi connectivity index (χ0v) is 4.89. The molecule has 0 unspecified atom stereocenters. The summed E-state index contributed by atoms with van der Waals surface area (Å²) in [6.07, 6.45) is 1.65. The normalized spacial score (nSPS) is 9.62. The first-order valence-electron chi connectivity index (χ1n) is 2.07. The van der Waals surface area contributed by atoms with Crippen molar-refractivity contribution in [2.75, 3.05) is 0 Å². The summed E-state index contributed by atoms with van der Waals surface area (Å²) in [5.74, 6) is 0. The van der Waals surface area contributed by atoms with E-state index in [0.717, 1.165) is 4.88 Å². The predicted molar refractivity (Wildman–Crippen MR) is 29.5 cm³/mol. The van der Waals surface area contributed by atoms with Gasteiger partial charge in [-0.15, -0.1) is 11.3 Å². The Morgan fingerprint density at radius 3 is 3.25 bits per heavy atom. The van der Waals surface area contributed by atoms with Crippen molar-refractivity contribution in [1.29, 1.82) is 0 Å². The van der Waals surface area contributed by atoms with Gasteiger partial charge in [-0.25, -0.2) is 4.89 Å². The van der Waals surface area contributed by atoms with Gasteiger partial charge < -0.3 is 0 Å². The van der Waals surface area contributed by atoms with Crippen LogP contribution in [0.15, 0.2) is 11.7 Å². The molecule has 0 aliphatic rings. The van der Waals surface area contributed by atoms with E-state index >= 15 is 0 Å². The van der Waals surface area contributed by atoms with Gasteiger partial charge in [0.15, 0.2) is 0 Å². The molecule has 4 heteroatoms. The lowest BCUT2D eigenvalue weighted by molar-refractivity contribution is -0.252. The van der Waals surface area contributed by atoms with E-state index in [1.165, 1.54) is 11.3 Å². The second-order valence-electron chi connectivity index (χ2n) is 1.24. The average Bonchev–Trinajstić information content (AvgIpc) is 2.19. The molecule has 44 valence electrons. The van der Waals surface area contributed by atoms with E-state index in [4.69, 9.17) is 5.26 Å². The Morgan fingerprint density at radius 1 is 1.88 bits per heavy atom. The SMILES string of the molecule is OOCc1cncs1. The van der Waals surface area contributed by atoms with Gasteiger partial charge >= 0.3 is 0 Å². The van der Waals surface area contributed by atoms with Crippen molar-refractivity contribution in [3.05, 3.63) is 16.6 Å². The van der Waals surface area contributed by atoms with E-state index < -0.39 is 0 Å². The Hall–Kier alpha value is -0.450. The molecule has 0 spiro atoms. The molecule has 0 radical (unpaired) electrons. The van der Waals surface area contributed by atoms with Gasteiger partial charge in [0.2, 0.25) is 0 Å². The van der Waals surface area contributed by atoms with Gasteiger partial charge in [-0.3, -0.25) is 10.2 Å². The second kappa shape index (κ2) is 2.76. The van der Waals surface area contributed by atoms with Crippen LogP contribution < -0.4 is 0 Å². The van der Waals surface area contributed by atoms with Crippen molar-refractivity contribution in [2.24, 2.45) is 0 Å². The molecule has 1 aromatic heterocycles. The molecule has 3 nitrogen and oxygen atoms in total. The van der Waals surface area contributed by atoms with E-state index in [1.807, 2.05) is 0 Å². The molecule has 0 fully saturated rings. The van der Waals surface area contributed by atoms with Crippen molar-refractivity contribution in [3.8, 4) is 0 Å². The number of nitrogens with zero attached hydrogens (tertiary/aromatic N) is 1. The van der Waals surface area contributed by atoms with Crippen LogP contribution in [0.1, 0.15) is 4.88 Å². The van der Waals surface area contributed by atoms with E-state index in [1.54, 1.807) is 11.7 Å². The van der Waals surface area contributed by atoms with E-state index in [-0.39, 0.29) is 6.61 Å². The highest BCUT2D eigenvalue weighted by molar-refractivity contribution is 7.09. The average molecular weight is 131 g/mol. The molecule has 0 amide bonds. The Morgan fingerprint density at radius 2 is 2.75 bits per heavy atom. The number of hydrogen-bond acceptors (Lipinski definition) is 4. The monoisotopic (exact) mass is 131 g/mol. The first-order chi connectivity index (χ1) is 3.93. The van der Waals surface area contributed by atoms with E-state index in [0.29, 0.717) is 0 Å². The Labute approximate surface area is 50.5 Å². The largest absolute Gasteiger partial charge is 0.253 e. The predicted octanol–water partition coefficient (Wildman–Crippen LogP) is 1.13. The summed E-state index contributed by atoms with van der Waals surface area (Å²) < 4.78 is 0. The molecule has 0 aliphatic carbocycles. The summed E-state index contributed by atoms with van der Waals surface area (Å²) in [5, 5.41) is 7.92. The minimum atomic E-state index is 0.241. The first kappa shape index (κ1) is 5.68. The van der Waals surface area contributed by atoms with Gasteiger partial charge in [0.05, 0.1) is 10.4 Å². The summed E-state index contributed by atoms with van der Waals surface area (Å²) in [6, 6.07) is 0. The number of thiazole rings is 1. The maximum atomic E-state index is 7.92.